The van der Waals surface area contributed by atoms with Crippen molar-refractivity contribution in [3.05, 3.63) is 34.3 Å². The minimum atomic E-state index is -4.53. The molecule has 106 valence electrons. The van der Waals surface area contributed by atoms with Crippen molar-refractivity contribution in [1.29, 1.82) is 0 Å². The fourth-order valence-electron chi connectivity index (χ4n) is 1.55. The first kappa shape index (κ1) is 15.8. The molecule has 0 bridgehead atoms. The van der Waals surface area contributed by atoms with E-state index >= 15 is 0 Å². The molecule has 0 saturated carbocycles. The summed E-state index contributed by atoms with van der Waals surface area (Å²) in [5.74, 6) is -0.851. The molecule has 0 atom stereocenters. The summed E-state index contributed by atoms with van der Waals surface area (Å²) in [6.07, 6.45) is -4.53. The molecule has 19 heavy (non-hydrogen) atoms. The second kappa shape index (κ2) is 6.25. The lowest BCUT2D eigenvalue weighted by Crippen LogP contribution is -2.40. The lowest BCUT2D eigenvalue weighted by Gasteiger charge is -2.23. The zero-order chi connectivity index (χ0) is 14.6. The number of amides is 1. The van der Waals surface area contributed by atoms with Crippen molar-refractivity contribution in [2.45, 2.75) is 13.1 Å². The Hall–Kier alpha value is -1.27. The fourth-order valence-corrected chi connectivity index (χ4v) is 1.87. The molecule has 1 amide bonds. The molecule has 0 spiro atoms. The van der Waals surface area contributed by atoms with E-state index in [-0.39, 0.29) is 10.6 Å². The van der Waals surface area contributed by atoms with Crippen LogP contribution >= 0.6 is 11.6 Å². The van der Waals surface area contributed by atoms with Crippen LogP contribution in [0.4, 0.5) is 13.2 Å². The summed E-state index contributed by atoms with van der Waals surface area (Å²) in [5, 5.41) is 8.84. The van der Waals surface area contributed by atoms with Gasteiger partial charge in [-0.15, -0.1) is 0 Å². The molecular formula is C12H13ClF3NO2. The quantitative estimate of drug-likeness (QED) is 0.928. The van der Waals surface area contributed by atoms with Gasteiger partial charge >= 0.3 is 6.18 Å². The molecule has 0 fully saturated rings. The van der Waals surface area contributed by atoms with Crippen molar-refractivity contribution >= 4 is 17.5 Å². The number of halogens is 4. The Kier molecular flexibility index (Phi) is 5.20. The van der Waals surface area contributed by atoms with Gasteiger partial charge in [0, 0.05) is 6.54 Å². The highest BCUT2D eigenvalue weighted by Gasteiger charge is 2.33. The third-order valence-corrected chi connectivity index (χ3v) is 2.69. The van der Waals surface area contributed by atoms with Gasteiger partial charge in [-0.1, -0.05) is 17.7 Å². The van der Waals surface area contributed by atoms with Gasteiger partial charge in [0.05, 0.1) is 17.2 Å². The van der Waals surface area contributed by atoms with Gasteiger partial charge in [0.15, 0.2) is 0 Å². The van der Waals surface area contributed by atoms with Crippen LogP contribution in [0.25, 0.3) is 0 Å². The Balaban J connectivity index is 2.99. The lowest BCUT2D eigenvalue weighted by atomic mass is 10.1. The topological polar surface area (TPSA) is 40.5 Å². The molecule has 0 saturated heterocycles. The van der Waals surface area contributed by atoms with E-state index in [0.29, 0.717) is 4.90 Å². The molecule has 1 rings (SSSR count). The molecule has 0 heterocycles. The van der Waals surface area contributed by atoms with Crippen molar-refractivity contribution in [2.75, 3.05) is 19.7 Å². The maximum absolute atomic E-state index is 12.4. The maximum atomic E-state index is 12.4. The molecule has 1 aromatic carbocycles. The number of alkyl halides is 3. The smallest absolute Gasteiger partial charge is 0.395 e. The minimum absolute atomic E-state index is 0.00929. The van der Waals surface area contributed by atoms with Gasteiger partial charge in [-0.25, -0.2) is 0 Å². The van der Waals surface area contributed by atoms with Crippen LogP contribution in [0.3, 0.4) is 0 Å². The van der Waals surface area contributed by atoms with Crippen LogP contribution in [0.5, 0.6) is 0 Å². The Morgan fingerprint density at radius 1 is 1.42 bits per heavy atom. The maximum Gasteiger partial charge on any atom is 0.406 e. The first-order chi connectivity index (χ1) is 8.74. The van der Waals surface area contributed by atoms with Crippen molar-refractivity contribution in [1.82, 2.24) is 4.90 Å². The van der Waals surface area contributed by atoms with Crippen molar-refractivity contribution in [3.63, 3.8) is 0 Å². The largest absolute Gasteiger partial charge is 0.406 e. The van der Waals surface area contributed by atoms with E-state index < -0.39 is 31.8 Å². The summed E-state index contributed by atoms with van der Waals surface area (Å²) in [7, 11) is 0. The Morgan fingerprint density at radius 2 is 2.05 bits per heavy atom. The number of rotatable bonds is 4. The normalized spacial score (nSPS) is 11.5. The van der Waals surface area contributed by atoms with Crippen LogP contribution in [0.15, 0.2) is 18.2 Å². The number of carbonyl (C=O) groups excluding carboxylic acids is 1. The van der Waals surface area contributed by atoms with Crippen LogP contribution in [0.1, 0.15) is 15.9 Å². The van der Waals surface area contributed by atoms with Gasteiger partial charge in [-0.2, -0.15) is 13.2 Å². The van der Waals surface area contributed by atoms with Crippen LogP contribution < -0.4 is 0 Å². The van der Waals surface area contributed by atoms with E-state index in [4.69, 9.17) is 16.7 Å². The number of aliphatic hydroxyl groups is 1. The number of benzene rings is 1. The Bertz CT molecular complexity index is 463. The highest BCUT2D eigenvalue weighted by molar-refractivity contribution is 6.33. The van der Waals surface area contributed by atoms with E-state index in [0.717, 1.165) is 5.56 Å². The summed E-state index contributed by atoms with van der Waals surface area (Å²) in [6.45, 7) is -0.619. The third kappa shape index (κ3) is 4.72. The Morgan fingerprint density at radius 3 is 2.53 bits per heavy atom. The monoisotopic (exact) mass is 295 g/mol. The molecule has 0 aromatic heterocycles. The van der Waals surface area contributed by atoms with Gasteiger partial charge in [-0.05, 0) is 24.6 Å². The van der Waals surface area contributed by atoms with Gasteiger partial charge in [0.25, 0.3) is 5.91 Å². The summed E-state index contributed by atoms with van der Waals surface area (Å²) in [6, 6.07) is 4.46. The van der Waals surface area contributed by atoms with Gasteiger partial charge in [-0.3, -0.25) is 4.79 Å². The molecule has 0 aliphatic carbocycles. The third-order valence-electron chi connectivity index (χ3n) is 2.38. The van der Waals surface area contributed by atoms with Crippen LogP contribution in [-0.2, 0) is 0 Å². The van der Waals surface area contributed by atoms with E-state index in [2.05, 4.69) is 0 Å². The van der Waals surface area contributed by atoms with Crippen LogP contribution in [0, 0.1) is 6.92 Å². The highest BCUT2D eigenvalue weighted by atomic mass is 35.5. The predicted octanol–water partition coefficient (Wildman–Crippen LogP) is 2.65. The minimum Gasteiger partial charge on any atom is -0.395 e. The first-order valence-corrected chi connectivity index (χ1v) is 5.85. The average molecular weight is 296 g/mol. The number of nitrogens with zero attached hydrogens (tertiary/aromatic N) is 1. The lowest BCUT2D eigenvalue weighted by molar-refractivity contribution is -0.141. The van der Waals surface area contributed by atoms with Gasteiger partial charge in [0.1, 0.15) is 6.54 Å². The molecule has 7 heteroatoms. The number of aliphatic hydroxyl groups excluding tert-OH is 1. The SMILES string of the molecule is Cc1ccc(C(=O)N(CCO)CC(F)(F)F)c(Cl)c1. The molecule has 1 N–H and O–H groups in total. The van der Waals surface area contributed by atoms with E-state index in [1.54, 1.807) is 13.0 Å². The van der Waals surface area contributed by atoms with E-state index in [1.165, 1.54) is 12.1 Å². The number of hydrogen-bond donors (Lipinski definition) is 1. The fraction of sp³-hybridized carbons (Fsp3) is 0.417. The van der Waals surface area contributed by atoms with Gasteiger partial charge < -0.3 is 10.0 Å². The molecule has 1 aromatic rings. The first-order valence-electron chi connectivity index (χ1n) is 5.47. The van der Waals surface area contributed by atoms with Crippen LogP contribution in [0.2, 0.25) is 5.02 Å². The van der Waals surface area contributed by atoms with E-state index in [9.17, 15) is 18.0 Å². The predicted molar refractivity (Wildman–Crippen MR) is 65.2 cm³/mol. The zero-order valence-electron chi connectivity index (χ0n) is 10.2. The van der Waals surface area contributed by atoms with Crippen molar-refractivity contribution in [2.24, 2.45) is 0 Å². The summed E-state index contributed by atoms with van der Waals surface area (Å²) < 4.78 is 37.1. The molecule has 0 aliphatic rings. The van der Waals surface area contributed by atoms with Crippen molar-refractivity contribution < 1.29 is 23.1 Å². The molecular weight excluding hydrogens is 283 g/mol. The van der Waals surface area contributed by atoms with Crippen LogP contribution in [-0.4, -0.2) is 41.8 Å². The van der Waals surface area contributed by atoms with Crippen molar-refractivity contribution in [3.8, 4) is 0 Å². The second-order valence-corrected chi connectivity index (χ2v) is 4.46. The molecule has 0 unspecified atom stereocenters. The van der Waals surface area contributed by atoms with E-state index in [1.807, 2.05) is 0 Å². The zero-order valence-corrected chi connectivity index (χ0v) is 10.9. The number of hydrogen-bond acceptors (Lipinski definition) is 2. The summed E-state index contributed by atoms with van der Waals surface area (Å²) >= 11 is 5.85. The molecule has 0 aliphatic heterocycles. The Labute approximate surface area is 113 Å². The summed E-state index contributed by atoms with van der Waals surface area (Å²) in [5.41, 5.74) is 0.788. The number of carbonyl (C=O) groups is 1. The second-order valence-electron chi connectivity index (χ2n) is 4.05. The average Bonchev–Trinajstić information content (AvgIpc) is 2.26. The summed E-state index contributed by atoms with van der Waals surface area (Å²) in [4.78, 5) is 12.5. The standard InChI is InChI=1S/C12H13ClF3NO2/c1-8-2-3-9(10(13)6-8)11(19)17(4-5-18)7-12(14,15)16/h2-3,6,18H,4-5,7H2,1H3. The van der Waals surface area contributed by atoms with Gasteiger partial charge in [0.2, 0.25) is 0 Å². The molecule has 0 radical (unpaired) electrons. The highest BCUT2D eigenvalue weighted by Crippen LogP contribution is 2.22. The number of aryl methyl sites for hydroxylation is 1. The molecule has 3 nitrogen and oxygen atoms in total.